The summed E-state index contributed by atoms with van der Waals surface area (Å²) in [6.45, 7) is 2.51. The Morgan fingerprint density at radius 3 is 2.50 bits per heavy atom. The lowest BCUT2D eigenvalue weighted by atomic mass is 10.2. The van der Waals surface area contributed by atoms with Crippen molar-refractivity contribution in [3.8, 4) is 5.75 Å². The maximum absolute atomic E-state index is 12.7. The molecule has 4 rings (SSSR count). The zero-order chi connectivity index (χ0) is 22.5. The van der Waals surface area contributed by atoms with Crippen molar-refractivity contribution in [1.29, 1.82) is 0 Å². The van der Waals surface area contributed by atoms with E-state index in [2.05, 4.69) is 36.2 Å². The first-order valence-corrected chi connectivity index (χ1v) is 11.6. The molecule has 0 N–H and O–H groups in total. The van der Waals surface area contributed by atoms with E-state index in [0.29, 0.717) is 22.5 Å². The highest BCUT2D eigenvalue weighted by molar-refractivity contribution is 8.13. The molecular formula is C26H23ClN2O2S. The normalized spacial score (nSPS) is 14.7. The zero-order valence-corrected chi connectivity index (χ0v) is 19.5. The number of carbonyl (C=O) groups excluding carboxylic acids is 1. The maximum atomic E-state index is 12.7. The molecule has 1 amide bonds. The summed E-state index contributed by atoms with van der Waals surface area (Å²) in [4.78, 5) is 18.9. The average Bonchev–Trinajstić information content (AvgIpc) is 3.06. The summed E-state index contributed by atoms with van der Waals surface area (Å²) in [5.41, 5.74) is 4.75. The molecule has 0 saturated heterocycles. The van der Waals surface area contributed by atoms with Gasteiger partial charge in [0.25, 0.3) is 5.91 Å². The number of halogens is 1. The molecule has 6 heteroatoms. The van der Waals surface area contributed by atoms with Crippen LogP contribution in [0.1, 0.15) is 22.3 Å². The zero-order valence-electron chi connectivity index (χ0n) is 17.9. The molecule has 1 heterocycles. The number of aliphatic imine (C=N–C) groups is 1. The lowest BCUT2D eigenvalue weighted by Crippen LogP contribution is -2.25. The first-order valence-electron chi connectivity index (χ1n) is 10.2. The minimum atomic E-state index is -0.108. The van der Waals surface area contributed by atoms with Crippen LogP contribution < -0.4 is 4.74 Å². The molecule has 3 aromatic carbocycles. The summed E-state index contributed by atoms with van der Waals surface area (Å²) < 4.78 is 5.89. The fraction of sp³-hybridized carbons (Fsp3) is 0.154. The standard InChI is InChI=1S/C26H23ClN2O2S/c1-18-6-8-20(9-7-18)17-32-26-28-24(25(30)29(26)2)15-21-4-3-5-23(14-21)31-16-19-10-12-22(27)13-11-19/h3-15H,16-17H2,1-2H3/b24-15-. The molecule has 0 saturated carbocycles. The van der Waals surface area contributed by atoms with Gasteiger partial charge in [-0.1, -0.05) is 77.5 Å². The maximum Gasteiger partial charge on any atom is 0.278 e. The van der Waals surface area contributed by atoms with Gasteiger partial charge in [-0.3, -0.25) is 9.69 Å². The summed E-state index contributed by atoms with van der Waals surface area (Å²) in [5.74, 6) is 1.38. The number of amides is 1. The Bertz CT molecular complexity index is 1170. The summed E-state index contributed by atoms with van der Waals surface area (Å²) in [7, 11) is 1.76. The van der Waals surface area contributed by atoms with Gasteiger partial charge in [-0.15, -0.1) is 0 Å². The molecule has 0 fully saturated rings. The number of ether oxygens (including phenoxy) is 1. The third kappa shape index (κ3) is 5.61. The fourth-order valence-corrected chi connectivity index (χ4v) is 4.19. The van der Waals surface area contributed by atoms with Gasteiger partial charge in [0.05, 0.1) is 0 Å². The summed E-state index contributed by atoms with van der Waals surface area (Å²) in [6.07, 6.45) is 1.80. The van der Waals surface area contributed by atoms with Gasteiger partial charge < -0.3 is 4.74 Å². The van der Waals surface area contributed by atoms with Crippen LogP contribution in [0.2, 0.25) is 5.02 Å². The number of hydrogen-bond acceptors (Lipinski definition) is 4. The van der Waals surface area contributed by atoms with E-state index in [4.69, 9.17) is 16.3 Å². The van der Waals surface area contributed by atoms with Crippen molar-refractivity contribution in [3.63, 3.8) is 0 Å². The molecule has 0 aromatic heterocycles. The van der Waals surface area contributed by atoms with Crippen LogP contribution in [0.4, 0.5) is 0 Å². The summed E-state index contributed by atoms with van der Waals surface area (Å²) >= 11 is 7.49. The van der Waals surface area contributed by atoms with Crippen LogP contribution in [-0.2, 0) is 17.2 Å². The smallest absolute Gasteiger partial charge is 0.278 e. The van der Waals surface area contributed by atoms with E-state index in [0.717, 1.165) is 22.6 Å². The molecule has 0 atom stereocenters. The third-order valence-electron chi connectivity index (χ3n) is 5.00. The van der Waals surface area contributed by atoms with Crippen molar-refractivity contribution >= 4 is 40.5 Å². The number of benzene rings is 3. The highest BCUT2D eigenvalue weighted by atomic mass is 35.5. The Balaban J connectivity index is 1.43. The van der Waals surface area contributed by atoms with Crippen LogP contribution in [0.25, 0.3) is 6.08 Å². The predicted octanol–water partition coefficient (Wildman–Crippen LogP) is 6.33. The van der Waals surface area contributed by atoms with Gasteiger partial charge in [-0.05, 0) is 54.0 Å². The lowest BCUT2D eigenvalue weighted by molar-refractivity contribution is -0.121. The summed E-state index contributed by atoms with van der Waals surface area (Å²) in [6, 6.07) is 23.6. The van der Waals surface area contributed by atoms with Gasteiger partial charge in [0, 0.05) is 17.8 Å². The number of carbonyl (C=O) groups is 1. The topological polar surface area (TPSA) is 41.9 Å². The molecule has 32 heavy (non-hydrogen) atoms. The Hall–Kier alpha value is -3.02. The van der Waals surface area contributed by atoms with Gasteiger partial charge in [-0.2, -0.15) is 0 Å². The van der Waals surface area contributed by atoms with Crippen molar-refractivity contribution in [2.75, 3.05) is 7.05 Å². The lowest BCUT2D eigenvalue weighted by Gasteiger charge is -2.10. The van der Waals surface area contributed by atoms with Crippen molar-refractivity contribution in [1.82, 2.24) is 4.90 Å². The van der Waals surface area contributed by atoms with Crippen LogP contribution in [0.3, 0.4) is 0 Å². The van der Waals surface area contributed by atoms with Crippen LogP contribution in [-0.4, -0.2) is 23.0 Å². The van der Waals surface area contributed by atoms with Gasteiger partial charge in [-0.25, -0.2) is 4.99 Å². The van der Waals surface area contributed by atoms with Gasteiger partial charge in [0.2, 0.25) is 0 Å². The van der Waals surface area contributed by atoms with Crippen molar-refractivity contribution in [2.45, 2.75) is 19.3 Å². The molecule has 0 radical (unpaired) electrons. The molecule has 1 aliphatic rings. The SMILES string of the molecule is Cc1ccc(CSC2=N/C(=C\c3cccc(OCc4ccc(Cl)cc4)c3)C(=O)N2C)cc1. The van der Waals surface area contributed by atoms with Gasteiger partial charge >= 0.3 is 0 Å². The molecule has 0 unspecified atom stereocenters. The third-order valence-corrected chi connectivity index (χ3v) is 6.35. The molecule has 0 aliphatic carbocycles. The Labute approximate surface area is 197 Å². The molecule has 0 spiro atoms. The van der Waals surface area contributed by atoms with Crippen LogP contribution in [0.15, 0.2) is 83.5 Å². The van der Waals surface area contributed by atoms with Crippen LogP contribution >= 0.6 is 23.4 Å². The van der Waals surface area contributed by atoms with E-state index in [-0.39, 0.29) is 5.91 Å². The first kappa shape index (κ1) is 22.2. The number of hydrogen-bond donors (Lipinski definition) is 0. The number of thioether (sulfide) groups is 1. The Morgan fingerprint density at radius 1 is 1.03 bits per heavy atom. The second kappa shape index (κ2) is 10.1. The number of rotatable bonds is 6. The largest absolute Gasteiger partial charge is 0.489 e. The summed E-state index contributed by atoms with van der Waals surface area (Å²) in [5, 5.41) is 1.41. The number of amidine groups is 1. The Morgan fingerprint density at radius 2 is 1.75 bits per heavy atom. The fourth-order valence-electron chi connectivity index (χ4n) is 3.14. The average molecular weight is 463 g/mol. The minimum Gasteiger partial charge on any atom is -0.489 e. The van der Waals surface area contributed by atoms with E-state index in [1.165, 1.54) is 11.1 Å². The van der Waals surface area contributed by atoms with Crippen LogP contribution in [0.5, 0.6) is 5.75 Å². The number of nitrogens with zero attached hydrogens (tertiary/aromatic N) is 2. The van der Waals surface area contributed by atoms with Gasteiger partial charge in [0.1, 0.15) is 18.1 Å². The van der Waals surface area contributed by atoms with E-state index in [9.17, 15) is 4.79 Å². The predicted molar refractivity (Wildman–Crippen MR) is 133 cm³/mol. The number of likely N-dealkylation sites (N-methyl/N-ethyl adjacent to an activating group) is 1. The first-order chi connectivity index (χ1) is 15.5. The minimum absolute atomic E-state index is 0.108. The van der Waals surface area contributed by atoms with Gasteiger partial charge in [0.15, 0.2) is 5.17 Å². The monoisotopic (exact) mass is 462 g/mol. The van der Waals surface area contributed by atoms with Crippen LogP contribution in [0, 0.1) is 6.92 Å². The van der Waals surface area contributed by atoms with Crippen molar-refractivity contribution < 1.29 is 9.53 Å². The second-order valence-corrected chi connectivity index (χ2v) is 8.93. The molecule has 162 valence electrons. The van der Waals surface area contributed by atoms with Crippen molar-refractivity contribution in [2.24, 2.45) is 4.99 Å². The molecular weight excluding hydrogens is 440 g/mol. The quantitative estimate of drug-likeness (QED) is 0.402. The number of aryl methyl sites for hydroxylation is 1. The van der Waals surface area contributed by atoms with E-state index >= 15 is 0 Å². The highest BCUT2D eigenvalue weighted by Crippen LogP contribution is 2.26. The molecule has 0 bridgehead atoms. The highest BCUT2D eigenvalue weighted by Gasteiger charge is 2.27. The molecule has 3 aromatic rings. The Kier molecular flexibility index (Phi) is 6.98. The van der Waals surface area contributed by atoms with E-state index < -0.39 is 0 Å². The second-order valence-electron chi connectivity index (χ2n) is 7.55. The van der Waals surface area contributed by atoms with Crippen molar-refractivity contribution in [3.05, 3.63) is 106 Å². The van der Waals surface area contributed by atoms with E-state index in [1.807, 2.05) is 48.5 Å². The molecule has 4 nitrogen and oxygen atoms in total. The molecule has 1 aliphatic heterocycles. The van der Waals surface area contributed by atoms with E-state index in [1.54, 1.807) is 29.8 Å².